The molecule has 0 spiro atoms. The second-order valence-electron chi connectivity index (χ2n) is 4.17. The highest BCUT2D eigenvalue weighted by Gasteiger charge is 2.06. The van der Waals surface area contributed by atoms with Crippen molar-refractivity contribution in [2.45, 2.75) is 0 Å². The molecule has 0 aliphatic heterocycles. The van der Waals surface area contributed by atoms with Gasteiger partial charge < -0.3 is 0 Å². The van der Waals surface area contributed by atoms with Crippen LogP contribution in [-0.4, -0.2) is 15.4 Å². The average molecular weight is 247 g/mol. The number of benzene rings is 2. The van der Waals surface area contributed by atoms with E-state index in [9.17, 15) is 0 Å². The summed E-state index contributed by atoms with van der Waals surface area (Å²) < 4.78 is 0. The van der Waals surface area contributed by atoms with Crippen LogP contribution in [0.3, 0.4) is 0 Å². The largest absolute Gasteiger partial charge is 0.197 e. The van der Waals surface area contributed by atoms with Gasteiger partial charge in [-0.25, -0.2) is 0 Å². The quantitative estimate of drug-likeness (QED) is 0.767. The van der Waals surface area contributed by atoms with Crippen molar-refractivity contribution in [1.29, 1.82) is 0 Å². The first kappa shape index (κ1) is 11.4. The van der Waals surface area contributed by atoms with Gasteiger partial charge in [0.1, 0.15) is 11.4 Å². The van der Waals surface area contributed by atoms with E-state index in [0.717, 1.165) is 22.5 Å². The van der Waals surface area contributed by atoms with Crippen molar-refractivity contribution in [3.63, 3.8) is 0 Å². The zero-order valence-electron chi connectivity index (χ0n) is 10.3. The van der Waals surface area contributed by atoms with Gasteiger partial charge in [0.15, 0.2) is 0 Å². The van der Waals surface area contributed by atoms with Crippen molar-refractivity contribution < 1.29 is 0 Å². The third kappa shape index (κ3) is 2.60. The molecule has 3 heteroatoms. The number of H-pyrrole nitrogens is 1. The van der Waals surface area contributed by atoms with Crippen LogP contribution in [0.25, 0.3) is 23.4 Å². The topological polar surface area (TPSA) is 41.6 Å². The zero-order valence-corrected chi connectivity index (χ0v) is 10.3. The number of aromatic nitrogens is 3. The Morgan fingerprint density at radius 3 is 2.16 bits per heavy atom. The summed E-state index contributed by atoms with van der Waals surface area (Å²) in [5.74, 6) is 0. The highest BCUT2D eigenvalue weighted by molar-refractivity contribution is 5.76. The van der Waals surface area contributed by atoms with Gasteiger partial charge in [-0.2, -0.15) is 15.4 Å². The van der Waals surface area contributed by atoms with Crippen LogP contribution in [-0.2, 0) is 0 Å². The number of nitrogens with zero attached hydrogens (tertiary/aromatic N) is 2. The second kappa shape index (κ2) is 5.31. The molecule has 0 aliphatic carbocycles. The van der Waals surface area contributed by atoms with E-state index in [-0.39, 0.29) is 0 Å². The molecule has 0 unspecified atom stereocenters. The summed E-state index contributed by atoms with van der Waals surface area (Å²) in [4.78, 5) is 0. The summed E-state index contributed by atoms with van der Waals surface area (Å²) in [6.45, 7) is 0. The number of hydrogen-bond acceptors (Lipinski definition) is 2. The molecule has 0 radical (unpaired) electrons. The molecule has 0 saturated carbocycles. The molecule has 92 valence electrons. The van der Waals surface area contributed by atoms with Crippen molar-refractivity contribution in [2.24, 2.45) is 0 Å². The molecule has 1 N–H and O–H groups in total. The lowest BCUT2D eigenvalue weighted by Gasteiger charge is -1.96. The first-order valence-corrected chi connectivity index (χ1v) is 6.13. The maximum Gasteiger partial charge on any atom is 0.120 e. The van der Waals surface area contributed by atoms with E-state index in [0.29, 0.717) is 0 Å². The van der Waals surface area contributed by atoms with E-state index in [1.807, 2.05) is 60.7 Å². The monoisotopic (exact) mass is 247 g/mol. The highest BCUT2D eigenvalue weighted by atomic mass is 15.3. The van der Waals surface area contributed by atoms with Gasteiger partial charge in [-0.05, 0) is 11.6 Å². The first-order chi connectivity index (χ1) is 9.43. The van der Waals surface area contributed by atoms with Gasteiger partial charge in [0, 0.05) is 5.56 Å². The lowest BCUT2D eigenvalue weighted by Crippen LogP contribution is -1.81. The summed E-state index contributed by atoms with van der Waals surface area (Å²) in [5.41, 5.74) is 3.91. The third-order valence-corrected chi connectivity index (χ3v) is 2.86. The Labute approximate surface area is 111 Å². The predicted octanol–water partition coefficient (Wildman–Crippen LogP) is 3.64. The van der Waals surface area contributed by atoms with Gasteiger partial charge in [-0.1, -0.05) is 66.7 Å². The van der Waals surface area contributed by atoms with Crippen molar-refractivity contribution >= 4 is 12.2 Å². The molecule has 2 aromatic carbocycles. The van der Waals surface area contributed by atoms with Gasteiger partial charge >= 0.3 is 0 Å². The minimum absolute atomic E-state index is 0.843. The molecule has 0 saturated heterocycles. The summed E-state index contributed by atoms with van der Waals surface area (Å²) >= 11 is 0. The smallest absolute Gasteiger partial charge is 0.120 e. The standard InChI is InChI=1S/C16H13N3/c1-3-7-13(8-4-1)11-12-15-16(18-19-17-15)14-9-5-2-6-10-14/h1-12H,(H,17,18,19). The average Bonchev–Trinajstić information content (AvgIpc) is 2.95. The van der Waals surface area contributed by atoms with E-state index in [1.165, 1.54) is 0 Å². The fourth-order valence-corrected chi connectivity index (χ4v) is 1.90. The summed E-state index contributed by atoms with van der Waals surface area (Å²) in [6.07, 6.45) is 4.01. The molecule has 3 nitrogen and oxygen atoms in total. The van der Waals surface area contributed by atoms with Crippen LogP contribution >= 0.6 is 0 Å². The minimum atomic E-state index is 0.843. The molecule has 1 aromatic heterocycles. The first-order valence-electron chi connectivity index (χ1n) is 6.13. The molecule has 3 aromatic rings. The fourth-order valence-electron chi connectivity index (χ4n) is 1.90. The van der Waals surface area contributed by atoms with Crippen LogP contribution in [0.1, 0.15) is 11.3 Å². The van der Waals surface area contributed by atoms with Gasteiger partial charge in [0.2, 0.25) is 0 Å². The van der Waals surface area contributed by atoms with Crippen LogP contribution in [0.4, 0.5) is 0 Å². The van der Waals surface area contributed by atoms with Crippen LogP contribution in [0.15, 0.2) is 60.7 Å². The summed E-state index contributed by atoms with van der Waals surface area (Å²) in [7, 11) is 0. The molecule has 0 atom stereocenters. The minimum Gasteiger partial charge on any atom is -0.197 e. The van der Waals surface area contributed by atoms with Crippen LogP contribution in [0.5, 0.6) is 0 Å². The molecule has 1 heterocycles. The van der Waals surface area contributed by atoms with Crippen LogP contribution in [0.2, 0.25) is 0 Å². The maximum atomic E-state index is 4.21. The van der Waals surface area contributed by atoms with E-state index >= 15 is 0 Å². The fraction of sp³-hybridized carbons (Fsp3) is 0. The van der Waals surface area contributed by atoms with Gasteiger partial charge in [-0.15, -0.1) is 0 Å². The zero-order chi connectivity index (χ0) is 12.9. The molecule has 19 heavy (non-hydrogen) atoms. The van der Waals surface area contributed by atoms with E-state index in [1.54, 1.807) is 0 Å². The Morgan fingerprint density at radius 2 is 1.42 bits per heavy atom. The molecule has 0 amide bonds. The van der Waals surface area contributed by atoms with Gasteiger partial charge in [0.25, 0.3) is 0 Å². The van der Waals surface area contributed by atoms with Gasteiger partial charge in [-0.3, -0.25) is 0 Å². The van der Waals surface area contributed by atoms with Crippen molar-refractivity contribution in [3.05, 3.63) is 71.9 Å². The molecule has 0 aliphatic rings. The number of hydrogen-bond donors (Lipinski definition) is 1. The number of aromatic amines is 1. The lowest BCUT2D eigenvalue weighted by molar-refractivity contribution is 0.939. The second-order valence-corrected chi connectivity index (χ2v) is 4.17. The Kier molecular flexibility index (Phi) is 3.19. The predicted molar refractivity (Wildman–Crippen MR) is 77.2 cm³/mol. The van der Waals surface area contributed by atoms with Crippen LogP contribution in [0, 0.1) is 0 Å². The number of rotatable bonds is 3. The molecule has 0 bridgehead atoms. The lowest BCUT2D eigenvalue weighted by atomic mass is 10.1. The Balaban J connectivity index is 1.91. The molecule has 3 rings (SSSR count). The third-order valence-electron chi connectivity index (χ3n) is 2.86. The highest BCUT2D eigenvalue weighted by Crippen LogP contribution is 2.20. The van der Waals surface area contributed by atoms with Gasteiger partial charge in [0.05, 0.1) is 0 Å². The van der Waals surface area contributed by atoms with Crippen LogP contribution < -0.4 is 0 Å². The maximum absolute atomic E-state index is 4.21. The van der Waals surface area contributed by atoms with E-state index in [4.69, 9.17) is 0 Å². The molecular formula is C16H13N3. The van der Waals surface area contributed by atoms with Crippen molar-refractivity contribution in [3.8, 4) is 11.3 Å². The van der Waals surface area contributed by atoms with Crippen molar-refractivity contribution in [1.82, 2.24) is 15.4 Å². The Morgan fingerprint density at radius 1 is 0.737 bits per heavy atom. The Hall–Kier alpha value is -2.68. The molecule has 0 fully saturated rings. The SMILES string of the molecule is C(=Cc1n[nH]nc1-c1ccccc1)c1ccccc1. The summed E-state index contributed by atoms with van der Waals surface area (Å²) in [5, 5.41) is 11.1. The van der Waals surface area contributed by atoms with E-state index < -0.39 is 0 Å². The summed E-state index contributed by atoms with van der Waals surface area (Å²) in [6, 6.07) is 20.2. The normalized spacial score (nSPS) is 10.9. The number of nitrogens with one attached hydrogen (secondary N) is 1. The molecular weight excluding hydrogens is 234 g/mol. The Bertz CT molecular complexity index is 669. The van der Waals surface area contributed by atoms with E-state index in [2.05, 4.69) is 27.5 Å². The van der Waals surface area contributed by atoms with Crippen molar-refractivity contribution in [2.75, 3.05) is 0 Å².